The summed E-state index contributed by atoms with van der Waals surface area (Å²) in [5, 5.41) is 11.2. The van der Waals surface area contributed by atoms with E-state index in [9.17, 15) is 19.1 Å². The molecular weight excluding hydrogens is 493 g/mol. The quantitative estimate of drug-likeness (QED) is 0.151. The molecule has 4 rings (SSSR count). The number of likely N-dealkylation sites (tertiary alicyclic amines) is 1. The fourth-order valence-corrected chi connectivity index (χ4v) is 4.44. The maximum atomic E-state index is 14.4. The van der Waals surface area contributed by atoms with Crippen molar-refractivity contribution in [3.63, 3.8) is 0 Å². The van der Waals surface area contributed by atoms with E-state index in [1.54, 1.807) is 30.3 Å². The second-order valence-electron chi connectivity index (χ2n) is 8.82. The van der Waals surface area contributed by atoms with Gasteiger partial charge < -0.3 is 28.6 Å². The van der Waals surface area contributed by atoms with Crippen LogP contribution >= 0.6 is 0 Å². The fourth-order valence-electron chi connectivity index (χ4n) is 4.44. The van der Waals surface area contributed by atoms with Crippen molar-refractivity contribution in [1.82, 2.24) is 4.90 Å². The molecule has 9 heteroatoms. The maximum absolute atomic E-state index is 14.4. The second-order valence-corrected chi connectivity index (χ2v) is 8.82. The number of halogens is 1. The summed E-state index contributed by atoms with van der Waals surface area (Å²) in [5.41, 5.74) is 0.362. The van der Waals surface area contributed by atoms with Crippen molar-refractivity contribution in [3.05, 3.63) is 83.1 Å². The molecule has 1 amide bonds. The number of ether oxygens (including phenoxy) is 3. The van der Waals surface area contributed by atoms with Crippen LogP contribution in [0.15, 0.2) is 64.8 Å². The van der Waals surface area contributed by atoms with E-state index in [1.807, 2.05) is 0 Å². The number of methoxy groups -OCH3 is 2. The predicted molar refractivity (Wildman–Crippen MR) is 138 cm³/mol. The number of hydrogen-bond donors (Lipinski definition) is 1. The molecular formula is C29H30FNO7. The van der Waals surface area contributed by atoms with Gasteiger partial charge in [0.2, 0.25) is 0 Å². The van der Waals surface area contributed by atoms with Gasteiger partial charge in [-0.3, -0.25) is 9.59 Å². The smallest absolute Gasteiger partial charge is 0.296 e. The molecule has 1 atom stereocenters. The number of nitrogens with zero attached hydrogens (tertiary/aromatic N) is 1. The van der Waals surface area contributed by atoms with Crippen molar-refractivity contribution < 1.29 is 37.7 Å². The van der Waals surface area contributed by atoms with E-state index in [0.29, 0.717) is 29.4 Å². The Balaban J connectivity index is 1.80. The Labute approximate surface area is 220 Å². The van der Waals surface area contributed by atoms with E-state index in [0.717, 1.165) is 25.3 Å². The lowest BCUT2D eigenvalue weighted by Gasteiger charge is -2.25. The molecule has 1 fully saturated rings. The minimum absolute atomic E-state index is 0.0179. The fraction of sp³-hybridized carbons (Fsp3) is 0.310. The first kappa shape index (κ1) is 26.8. The molecule has 1 saturated heterocycles. The number of hydrogen-bond acceptors (Lipinski definition) is 7. The lowest BCUT2D eigenvalue weighted by atomic mass is 9.95. The standard InChI is InChI=1S/C29H30FNO7/c1-4-5-6-13-38-23-12-9-18(16-24(23)36-3)26-25(27(32)19-10-11-22(35-2)21(30)15-19)28(33)29(34)31(26)17-20-8-7-14-37-20/h7-12,14-16,26,32H,4-6,13,17H2,1-3H3. The summed E-state index contributed by atoms with van der Waals surface area (Å²) in [4.78, 5) is 27.8. The van der Waals surface area contributed by atoms with Crippen molar-refractivity contribution >= 4 is 17.4 Å². The van der Waals surface area contributed by atoms with E-state index >= 15 is 0 Å². The highest BCUT2D eigenvalue weighted by atomic mass is 19.1. The Morgan fingerprint density at radius 2 is 1.79 bits per heavy atom. The molecule has 2 heterocycles. The summed E-state index contributed by atoms with van der Waals surface area (Å²) in [5.74, 6) is -1.56. The van der Waals surface area contributed by atoms with Gasteiger partial charge >= 0.3 is 0 Å². The molecule has 0 bridgehead atoms. The van der Waals surface area contributed by atoms with Gasteiger partial charge in [-0.05, 0) is 54.4 Å². The molecule has 0 radical (unpaired) electrons. The minimum atomic E-state index is -0.992. The SMILES string of the molecule is CCCCCOc1ccc(C2C(=C(O)c3ccc(OC)c(F)c3)C(=O)C(=O)N2Cc2ccco2)cc1OC. The van der Waals surface area contributed by atoms with Gasteiger partial charge in [-0.1, -0.05) is 25.8 Å². The van der Waals surface area contributed by atoms with Crippen LogP contribution in [0.2, 0.25) is 0 Å². The molecule has 0 spiro atoms. The van der Waals surface area contributed by atoms with Gasteiger partial charge in [0, 0.05) is 5.56 Å². The van der Waals surface area contributed by atoms with Gasteiger partial charge in [0.05, 0.1) is 45.2 Å². The number of carbonyl (C=O) groups excluding carboxylic acids is 2. The number of benzene rings is 2. The number of furan rings is 1. The molecule has 0 saturated carbocycles. The van der Waals surface area contributed by atoms with E-state index in [4.69, 9.17) is 18.6 Å². The Morgan fingerprint density at radius 1 is 1.03 bits per heavy atom. The minimum Gasteiger partial charge on any atom is -0.507 e. The van der Waals surface area contributed by atoms with Crippen LogP contribution in [0.3, 0.4) is 0 Å². The number of ketones is 1. The van der Waals surface area contributed by atoms with Crippen LogP contribution in [0.1, 0.15) is 49.1 Å². The van der Waals surface area contributed by atoms with Gasteiger partial charge in [0.15, 0.2) is 23.1 Å². The Hall–Kier alpha value is -4.27. The highest BCUT2D eigenvalue weighted by Crippen LogP contribution is 2.43. The second kappa shape index (κ2) is 11.9. The normalized spacial score (nSPS) is 16.6. The summed E-state index contributed by atoms with van der Waals surface area (Å²) < 4.78 is 36.2. The van der Waals surface area contributed by atoms with Crippen molar-refractivity contribution in [3.8, 4) is 17.2 Å². The largest absolute Gasteiger partial charge is 0.507 e. The lowest BCUT2D eigenvalue weighted by Crippen LogP contribution is -2.29. The summed E-state index contributed by atoms with van der Waals surface area (Å²) in [6.07, 6.45) is 4.46. The number of carbonyl (C=O) groups is 2. The molecule has 200 valence electrons. The first-order valence-corrected chi connectivity index (χ1v) is 12.3. The molecule has 3 aromatic rings. The number of unbranched alkanes of at least 4 members (excludes halogenated alkanes) is 2. The van der Waals surface area contributed by atoms with Crippen LogP contribution in [0.4, 0.5) is 4.39 Å². The maximum Gasteiger partial charge on any atom is 0.296 e. The molecule has 1 aliphatic rings. The molecule has 8 nitrogen and oxygen atoms in total. The van der Waals surface area contributed by atoms with Gasteiger partial charge in [-0.2, -0.15) is 0 Å². The molecule has 0 aliphatic carbocycles. The third kappa shape index (κ3) is 5.37. The Kier molecular flexibility index (Phi) is 8.35. The van der Waals surface area contributed by atoms with E-state index in [1.165, 1.54) is 37.5 Å². The van der Waals surface area contributed by atoms with Crippen LogP contribution in [-0.2, 0) is 16.1 Å². The summed E-state index contributed by atoms with van der Waals surface area (Å²) in [6.45, 7) is 2.60. The molecule has 1 N–H and O–H groups in total. The summed E-state index contributed by atoms with van der Waals surface area (Å²) >= 11 is 0. The number of rotatable bonds is 11. The highest BCUT2D eigenvalue weighted by molar-refractivity contribution is 6.46. The van der Waals surface area contributed by atoms with Crippen molar-refractivity contribution in [2.45, 2.75) is 38.8 Å². The molecule has 1 aliphatic heterocycles. The lowest BCUT2D eigenvalue weighted by molar-refractivity contribution is -0.140. The number of aliphatic hydroxyl groups is 1. The summed E-state index contributed by atoms with van der Waals surface area (Å²) in [6, 6.07) is 11.3. The van der Waals surface area contributed by atoms with Crippen LogP contribution in [0, 0.1) is 5.82 Å². The van der Waals surface area contributed by atoms with Crippen molar-refractivity contribution in [2.24, 2.45) is 0 Å². The Bertz CT molecular complexity index is 1330. The van der Waals surface area contributed by atoms with Gasteiger partial charge in [0.25, 0.3) is 11.7 Å². The third-order valence-corrected chi connectivity index (χ3v) is 6.38. The van der Waals surface area contributed by atoms with Crippen LogP contribution in [-0.4, -0.2) is 42.5 Å². The van der Waals surface area contributed by atoms with Crippen LogP contribution < -0.4 is 14.2 Å². The number of Topliss-reactive ketones (excluding diaryl/α,β-unsaturated/α-hetero) is 1. The van der Waals surface area contributed by atoms with Crippen LogP contribution in [0.5, 0.6) is 17.2 Å². The van der Waals surface area contributed by atoms with Crippen molar-refractivity contribution in [2.75, 3.05) is 20.8 Å². The zero-order chi connectivity index (χ0) is 27.2. The van der Waals surface area contributed by atoms with E-state index in [-0.39, 0.29) is 23.4 Å². The molecule has 2 aromatic carbocycles. The molecule has 1 unspecified atom stereocenters. The zero-order valence-electron chi connectivity index (χ0n) is 21.5. The highest BCUT2D eigenvalue weighted by Gasteiger charge is 2.46. The number of aliphatic hydroxyl groups excluding tert-OH is 1. The monoisotopic (exact) mass is 523 g/mol. The van der Waals surface area contributed by atoms with E-state index in [2.05, 4.69) is 6.92 Å². The molecule has 1 aromatic heterocycles. The predicted octanol–water partition coefficient (Wildman–Crippen LogP) is 5.63. The number of amides is 1. The average molecular weight is 524 g/mol. The zero-order valence-corrected chi connectivity index (χ0v) is 21.5. The van der Waals surface area contributed by atoms with E-state index < -0.39 is 29.3 Å². The summed E-state index contributed by atoms with van der Waals surface area (Å²) in [7, 11) is 2.82. The first-order valence-electron chi connectivity index (χ1n) is 12.3. The third-order valence-electron chi connectivity index (χ3n) is 6.38. The Morgan fingerprint density at radius 3 is 2.45 bits per heavy atom. The average Bonchev–Trinajstić information content (AvgIpc) is 3.53. The van der Waals surface area contributed by atoms with Crippen LogP contribution in [0.25, 0.3) is 5.76 Å². The van der Waals surface area contributed by atoms with Gasteiger partial charge in [-0.15, -0.1) is 0 Å². The van der Waals surface area contributed by atoms with Gasteiger partial charge in [-0.25, -0.2) is 4.39 Å². The van der Waals surface area contributed by atoms with Crippen molar-refractivity contribution in [1.29, 1.82) is 0 Å². The molecule has 38 heavy (non-hydrogen) atoms. The topological polar surface area (TPSA) is 98.4 Å². The van der Waals surface area contributed by atoms with Gasteiger partial charge in [0.1, 0.15) is 11.5 Å². The first-order chi connectivity index (χ1) is 18.4.